The number of aliphatic imine (C=N–C) groups is 1. The number of nitrogens with zero attached hydrogens (tertiary/aromatic N) is 1. The van der Waals surface area contributed by atoms with Crippen LogP contribution in [-0.4, -0.2) is 19.6 Å². The highest BCUT2D eigenvalue weighted by atomic mass is 79.9. The van der Waals surface area contributed by atoms with Crippen LogP contribution in [0.2, 0.25) is 0 Å². The van der Waals surface area contributed by atoms with Crippen LogP contribution >= 0.6 is 38.6 Å². The van der Waals surface area contributed by atoms with Crippen molar-refractivity contribution in [2.45, 2.75) is 13.0 Å². The fourth-order valence-electron chi connectivity index (χ4n) is 1.60. The second-order valence-electron chi connectivity index (χ2n) is 3.91. The predicted octanol–water partition coefficient (Wildman–Crippen LogP) is 3.48. The molecule has 2 aromatic rings. The third-order valence-electron chi connectivity index (χ3n) is 2.52. The first-order valence-electron chi connectivity index (χ1n) is 5.98. The van der Waals surface area contributed by atoms with Crippen molar-refractivity contribution in [2.75, 3.05) is 13.6 Å². The number of guanidine groups is 1. The first kappa shape index (κ1) is 14.6. The van der Waals surface area contributed by atoms with Gasteiger partial charge < -0.3 is 10.6 Å². The summed E-state index contributed by atoms with van der Waals surface area (Å²) in [6, 6.07) is 6.37. The number of thiophene rings is 2. The van der Waals surface area contributed by atoms with E-state index in [0.29, 0.717) is 0 Å². The van der Waals surface area contributed by atoms with Gasteiger partial charge in [-0.3, -0.25) is 4.99 Å². The Labute approximate surface area is 129 Å². The lowest BCUT2D eigenvalue weighted by molar-refractivity contribution is 0.804. The molecule has 3 nitrogen and oxygen atoms in total. The third-order valence-corrected chi connectivity index (χ3v) is 5.15. The molecule has 0 bridgehead atoms. The number of nitrogens with one attached hydrogen (secondary N) is 2. The molecule has 0 aliphatic heterocycles. The zero-order valence-corrected chi connectivity index (χ0v) is 13.9. The Morgan fingerprint density at radius 2 is 2.21 bits per heavy atom. The minimum atomic E-state index is 0.801. The average Bonchev–Trinajstić information content (AvgIpc) is 3.05. The Balaban J connectivity index is 1.71. The van der Waals surface area contributed by atoms with Crippen LogP contribution in [0.3, 0.4) is 0 Å². The van der Waals surface area contributed by atoms with Gasteiger partial charge in [-0.2, -0.15) is 0 Å². The molecule has 0 spiro atoms. The molecule has 2 N–H and O–H groups in total. The molecule has 0 aromatic carbocycles. The van der Waals surface area contributed by atoms with Crippen LogP contribution < -0.4 is 10.6 Å². The molecule has 0 atom stereocenters. The minimum Gasteiger partial charge on any atom is -0.356 e. The molecule has 6 heteroatoms. The van der Waals surface area contributed by atoms with Crippen molar-refractivity contribution in [3.05, 3.63) is 43.2 Å². The molecule has 2 aromatic heterocycles. The van der Waals surface area contributed by atoms with Gasteiger partial charge in [-0.1, -0.05) is 6.07 Å². The van der Waals surface area contributed by atoms with Gasteiger partial charge in [0.15, 0.2) is 5.96 Å². The maximum absolute atomic E-state index is 4.22. The van der Waals surface area contributed by atoms with Crippen molar-refractivity contribution in [3.63, 3.8) is 0 Å². The monoisotopic (exact) mass is 357 g/mol. The molecule has 0 fully saturated rings. The molecular weight excluding hydrogens is 342 g/mol. The molecular formula is C13H16BrN3S2. The summed E-state index contributed by atoms with van der Waals surface area (Å²) in [7, 11) is 1.80. The van der Waals surface area contributed by atoms with E-state index in [1.165, 1.54) is 9.75 Å². The molecule has 0 saturated heterocycles. The van der Waals surface area contributed by atoms with Gasteiger partial charge in [-0.25, -0.2) is 0 Å². The fraction of sp³-hybridized carbons (Fsp3) is 0.308. The van der Waals surface area contributed by atoms with E-state index in [-0.39, 0.29) is 0 Å². The Bertz CT molecular complexity index is 520. The summed E-state index contributed by atoms with van der Waals surface area (Å²) >= 11 is 6.98. The molecule has 0 aliphatic rings. The summed E-state index contributed by atoms with van der Waals surface area (Å²) in [6.45, 7) is 1.70. The lowest BCUT2D eigenvalue weighted by Crippen LogP contribution is -2.37. The van der Waals surface area contributed by atoms with Crippen molar-refractivity contribution in [1.29, 1.82) is 0 Å². The van der Waals surface area contributed by atoms with Gasteiger partial charge in [0.25, 0.3) is 0 Å². The van der Waals surface area contributed by atoms with E-state index in [2.05, 4.69) is 60.5 Å². The molecule has 0 saturated carbocycles. The quantitative estimate of drug-likeness (QED) is 0.634. The Kier molecular flexibility index (Phi) is 5.88. The zero-order valence-electron chi connectivity index (χ0n) is 10.6. The maximum Gasteiger partial charge on any atom is 0.191 e. The number of hydrogen-bond donors (Lipinski definition) is 2. The Hall–Kier alpha value is -0.850. The zero-order chi connectivity index (χ0) is 13.5. The number of hydrogen-bond acceptors (Lipinski definition) is 3. The molecule has 0 radical (unpaired) electrons. The van der Waals surface area contributed by atoms with Crippen molar-refractivity contribution in [1.82, 2.24) is 10.6 Å². The van der Waals surface area contributed by atoms with E-state index < -0.39 is 0 Å². The van der Waals surface area contributed by atoms with Gasteiger partial charge >= 0.3 is 0 Å². The van der Waals surface area contributed by atoms with Gasteiger partial charge in [0.1, 0.15) is 0 Å². The lowest BCUT2D eigenvalue weighted by Gasteiger charge is -2.10. The number of halogens is 1. The van der Waals surface area contributed by atoms with E-state index in [4.69, 9.17) is 0 Å². The second-order valence-corrected chi connectivity index (χ2v) is 6.86. The molecule has 102 valence electrons. The summed E-state index contributed by atoms with van der Waals surface area (Å²) in [5.41, 5.74) is 0. The van der Waals surface area contributed by atoms with Crippen molar-refractivity contribution in [2.24, 2.45) is 4.99 Å². The Morgan fingerprint density at radius 3 is 2.84 bits per heavy atom. The van der Waals surface area contributed by atoms with Crippen LogP contribution in [0.25, 0.3) is 0 Å². The summed E-state index contributed by atoms with van der Waals surface area (Å²) in [6.07, 6.45) is 1.03. The van der Waals surface area contributed by atoms with Gasteiger partial charge in [-0.05, 0) is 39.9 Å². The highest BCUT2D eigenvalue weighted by Gasteiger charge is 2.01. The van der Waals surface area contributed by atoms with E-state index >= 15 is 0 Å². The van der Waals surface area contributed by atoms with Crippen LogP contribution in [0.1, 0.15) is 9.75 Å². The van der Waals surface area contributed by atoms with Crippen molar-refractivity contribution >= 4 is 44.6 Å². The van der Waals surface area contributed by atoms with Gasteiger partial charge in [-0.15, -0.1) is 22.7 Å². The van der Waals surface area contributed by atoms with E-state index in [9.17, 15) is 0 Å². The number of rotatable bonds is 5. The van der Waals surface area contributed by atoms with E-state index in [1.54, 1.807) is 29.7 Å². The third kappa shape index (κ3) is 4.97. The smallest absolute Gasteiger partial charge is 0.191 e. The summed E-state index contributed by atoms with van der Waals surface area (Å²) in [4.78, 5) is 6.90. The van der Waals surface area contributed by atoms with Crippen LogP contribution in [0.4, 0.5) is 0 Å². The van der Waals surface area contributed by atoms with Crippen LogP contribution in [-0.2, 0) is 13.0 Å². The van der Waals surface area contributed by atoms with Crippen molar-refractivity contribution in [3.8, 4) is 0 Å². The predicted molar refractivity (Wildman–Crippen MR) is 88.2 cm³/mol. The first-order chi connectivity index (χ1) is 9.28. The van der Waals surface area contributed by atoms with Gasteiger partial charge in [0, 0.05) is 33.2 Å². The standard InChI is InChI=1S/C13H16BrN3S2/c1-15-13(16-5-4-11-3-2-6-18-11)17-8-12-7-10(14)9-19-12/h2-3,6-7,9H,4-5,8H2,1H3,(H2,15,16,17). The average molecular weight is 358 g/mol. The normalized spacial score (nSPS) is 11.6. The maximum atomic E-state index is 4.22. The van der Waals surface area contributed by atoms with Gasteiger partial charge in [0.05, 0.1) is 6.54 Å². The molecule has 19 heavy (non-hydrogen) atoms. The summed E-state index contributed by atoms with van der Waals surface area (Å²) in [5, 5.41) is 10.8. The molecule has 0 aliphatic carbocycles. The van der Waals surface area contributed by atoms with Crippen LogP contribution in [0.15, 0.2) is 38.4 Å². The van der Waals surface area contributed by atoms with E-state index in [1.807, 2.05) is 0 Å². The fourth-order valence-corrected chi connectivity index (χ4v) is 3.70. The SMILES string of the molecule is CN=C(NCCc1cccs1)NCc1cc(Br)cs1. The Morgan fingerprint density at radius 1 is 1.32 bits per heavy atom. The lowest BCUT2D eigenvalue weighted by atomic mass is 10.3. The van der Waals surface area contributed by atoms with Crippen LogP contribution in [0, 0.1) is 0 Å². The minimum absolute atomic E-state index is 0.801. The largest absolute Gasteiger partial charge is 0.356 e. The molecule has 2 heterocycles. The van der Waals surface area contributed by atoms with E-state index in [0.717, 1.165) is 29.9 Å². The second kappa shape index (κ2) is 7.67. The van der Waals surface area contributed by atoms with Crippen molar-refractivity contribution < 1.29 is 0 Å². The first-order valence-corrected chi connectivity index (χ1v) is 8.53. The highest BCUT2D eigenvalue weighted by molar-refractivity contribution is 9.10. The molecule has 0 amide bonds. The topological polar surface area (TPSA) is 36.4 Å². The highest BCUT2D eigenvalue weighted by Crippen LogP contribution is 2.19. The summed E-state index contributed by atoms with van der Waals surface area (Å²) < 4.78 is 1.13. The molecule has 0 unspecified atom stereocenters. The molecule has 2 rings (SSSR count). The van der Waals surface area contributed by atoms with Crippen LogP contribution in [0.5, 0.6) is 0 Å². The van der Waals surface area contributed by atoms with Gasteiger partial charge in [0.2, 0.25) is 0 Å². The summed E-state index contributed by atoms with van der Waals surface area (Å²) in [5.74, 6) is 0.848.